The van der Waals surface area contributed by atoms with Gasteiger partial charge in [0.25, 0.3) is 0 Å². The van der Waals surface area contributed by atoms with E-state index >= 15 is 0 Å². The van der Waals surface area contributed by atoms with E-state index in [1.807, 2.05) is 60.7 Å². The summed E-state index contributed by atoms with van der Waals surface area (Å²) in [5, 5.41) is 37.5. The zero-order valence-electron chi connectivity index (χ0n) is 20.5. The summed E-state index contributed by atoms with van der Waals surface area (Å²) in [6, 6.07) is 16.9. The third-order valence-corrected chi connectivity index (χ3v) is 7.22. The van der Waals surface area contributed by atoms with Crippen LogP contribution in [0, 0.1) is 11.8 Å². The van der Waals surface area contributed by atoms with Crippen LogP contribution in [0.5, 0.6) is 0 Å². The van der Waals surface area contributed by atoms with Gasteiger partial charge < -0.3 is 42.4 Å². The molecular formula is C27H35N5O5. The van der Waals surface area contributed by atoms with Crippen LogP contribution >= 0.6 is 0 Å². The van der Waals surface area contributed by atoms with Crippen LogP contribution in [0.4, 0.5) is 0 Å². The number of H-pyrrole nitrogens is 1. The van der Waals surface area contributed by atoms with Crippen molar-refractivity contribution in [3.63, 3.8) is 0 Å². The Morgan fingerprint density at radius 1 is 0.973 bits per heavy atom. The quantitative estimate of drug-likeness (QED) is 0.191. The van der Waals surface area contributed by atoms with Crippen LogP contribution in [0.1, 0.15) is 17.7 Å². The van der Waals surface area contributed by atoms with Gasteiger partial charge in [-0.3, -0.25) is 9.59 Å². The number of nitrogens with two attached hydrogens (primary N) is 2. The van der Waals surface area contributed by atoms with Crippen LogP contribution in [0.25, 0.3) is 10.9 Å². The van der Waals surface area contributed by atoms with Crippen LogP contribution in [0.15, 0.2) is 60.7 Å². The third-order valence-electron chi connectivity index (χ3n) is 7.22. The van der Waals surface area contributed by atoms with E-state index < -0.39 is 48.1 Å². The van der Waals surface area contributed by atoms with E-state index in [9.17, 15) is 24.9 Å². The van der Waals surface area contributed by atoms with Crippen LogP contribution in [0.2, 0.25) is 0 Å². The SMILES string of the molecule is NCC1CC([C@@H](N)C(=O)N[C@@H](Cc2cc3ccccc3[nH]2)C(=O)NCc2ccccc2)[C@@H](O)[C@@H](O)[C@@H]1O. The molecule has 10 N–H and O–H groups in total. The van der Waals surface area contributed by atoms with Gasteiger partial charge in [0, 0.05) is 36.0 Å². The third kappa shape index (κ3) is 6.17. The number of nitrogens with one attached hydrogen (secondary N) is 3. The molecule has 1 fully saturated rings. The van der Waals surface area contributed by atoms with Gasteiger partial charge in [0.2, 0.25) is 11.8 Å². The van der Waals surface area contributed by atoms with Gasteiger partial charge in [-0.1, -0.05) is 48.5 Å². The maximum atomic E-state index is 13.2. The van der Waals surface area contributed by atoms with E-state index in [0.29, 0.717) is 0 Å². The Balaban J connectivity index is 1.50. The number of aromatic amines is 1. The number of carbonyl (C=O) groups is 2. The number of amides is 2. The Morgan fingerprint density at radius 2 is 1.68 bits per heavy atom. The van der Waals surface area contributed by atoms with E-state index in [2.05, 4.69) is 15.6 Å². The van der Waals surface area contributed by atoms with Gasteiger partial charge in [-0.05, 0) is 36.0 Å². The summed E-state index contributed by atoms with van der Waals surface area (Å²) in [6.07, 6.45) is -3.73. The summed E-state index contributed by atoms with van der Waals surface area (Å²) < 4.78 is 0. The first-order chi connectivity index (χ1) is 17.8. The molecule has 10 nitrogen and oxygen atoms in total. The van der Waals surface area contributed by atoms with Crippen molar-refractivity contribution in [2.45, 2.75) is 49.8 Å². The number of rotatable bonds is 9. The molecule has 198 valence electrons. The standard InChI is InChI=1S/C27H35N5O5/c28-13-17-11-19(24(34)25(35)23(17)33)22(29)27(37)32-21(26(36)30-14-15-6-2-1-3-7-15)12-18-10-16-8-4-5-9-20(16)31-18/h1-10,17,19,21-25,31,33-35H,11-14,28-29H2,(H,30,36)(H,32,37)/t17?,19?,21-,22+,23+,24+,25-/m0/s1. The summed E-state index contributed by atoms with van der Waals surface area (Å²) in [4.78, 5) is 29.7. The predicted molar refractivity (Wildman–Crippen MR) is 139 cm³/mol. The first-order valence-electron chi connectivity index (χ1n) is 12.5. The number of benzene rings is 2. The highest BCUT2D eigenvalue weighted by atomic mass is 16.4. The second-order valence-electron chi connectivity index (χ2n) is 9.74. The monoisotopic (exact) mass is 509 g/mol. The molecule has 2 unspecified atom stereocenters. The minimum atomic E-state index is -1.47. The van der Waals surface area contributed by atoms with Crippen molar-refractivity contribution in [2.75, 3.05) is 6.54 Å². The van der Waals surface area contributed by atoms with Crippen LogP contribution < -0.4 is 22.1 Å². The fourth-order valence-electron chi connectivity index (χ4n) is 5.00. The largest absolute Gasteiger partial charge is 0.390 e. The van der Waals surface area contributed by atoms with Crippen molar-refractivity contribution in [3.05, 3.63) is 71.9 Å². The number of para-hydroxylation sites is 1. The van der Waals surface area contributed by atoms with Crippen molar-refractivity contribution in [3.8, 4) is 0 Å². The van der Waals surface area contributed by atoms with E-state index in [-0.39, 0.29) is 31.8 Å². The molecule has 2 aromatic carbocycles. The number of aromatic nitrogens is 1. The molecule has 7 atom stereocenters. The van der Waals surface area contributed by atoms with Gasteiger partial charge >= 0.3 is 0 Å². The van der Waals surface area contributed by atoms with E-state index in [1.165, 1.54) is 0 Å². The summed E-state index contributed by atoms with van der Waals surface area (Å²) in [7, 11) is 0. The van der Waals surface area contributed by atoms with Gasteiger partial charge in [0.15, 0.2) is 0 Å². The average molecular weight is 510 g/mol. The van der Waals surface area contributed by atoms with Gasteiger partial charge in [-0.15, -0.1) is 0 Å². The summed E-state index contributed by atoms with van der Waals surface area (Å²) in [6.45, 7) is 0.356. The van der Waals surface area contributed by atoms with Crippen molar-refractivity contribution >= 4 is 22.7 Å². The average Bonchev–Trinajstić information content (AvgIpc) is 3.33. The van der Waals surface area contributed by atoms with Crippen molar-refractivity contribution in [1.82, 2.24) is 15.6 Å². The van der Waals surface area contributed by atoms with Gasteiger partial charge in [-0.25, -0.2) is 0 Å². The molecule has 0 bridgehead atoms. The van der Waals surface area contributed by atoms with Crippen LogP contribution in [-0.2, 0) is 22.6 Å². The molecule has 1 heterocycles. The fraction of sp³-hybridized carbons (Fsp3) is 0.407. The molecule has 0 aliphatic heterocycles. The Labute approximate surface area is 215 Å². The van der Waals surface area contributed by atoms with Crippen LogP contribution in [0.3, 0.4) is 0 Å². The lowest BCUT2D eigenvalue weighted by Gasteiger charge is -2.42. The topological polar surface area (TPSA) is 187 Å². The number of carbonyl (C=O) groups excluding carboxylic acids is 2. The summed E-state index contributed by atoms with van der Waals surface area (Å²) >= 11 is 0. The molecule has 0 spiro atoms. The lowest BCUT2D eigenvalue weighted by atomic mass is 9.72. The molecule has 0 saturated heterocycles. The molecule has 2 amide bonds. The van der Waals surface area contributed by atoms with Crippen LogP contribution in [-0.4, -0.2) is 69.1 Å². The number of aliphatic hydroxyl groups excluding tert-OH is 3. The lowest BCUT2D eigenvalue weighted by molar-refractivity contribution is -0.147. The van der Waals surface area contributed by atoms with Crippen molar-refractivity contribution < 1.29 is 24.9 Å². The predicted octanol–water partition coefficient (Wildman–Crippen LogP) is -0.484. The first-order valence-corrected chi connectivity index (χ1v) is 12.5. The molecule has 1 aliphatic rings. The molecular weight excluding hydrogens is 474 g/mol. The maximum Gasteiger partial charge on any atom is 0.243 e. The molecule has 1 aromatic heterocycles. The smallest absolute Gasteiger partial charge is 0.243 e. The minimum absolute atomic E-state index is 0.0701. The fourth-order valence-corrected chi connectivity index (χ4v) is 5.00. The Bertz CT molecular complexity index is 1170. The molecule has 0 radical (unpaired) electrons. The van der Waals surface area contributed by atoms with E-state index in [1.54, 1.807) is 0 Å². The second kappa shape index (κ2) is 11.8. The maximum absolute atomic E-state index is 13.2. The van der Waals surface area contributed by atoms with Gasteiger partial charge in [-0.2, -0.15) is 0 Å². The van der Waals surface area contributed by atoms with Crippen molar-refractivity contribution in [1.29, 1.82) is 0 Å². The zero-order chi connectivity index (χ0) is 26.5. The first kappa shape index (κ1) is 26.8. The molecule has 4 rings (SSSR count). The lowest BCUT2D eigenvalue weighted by Crippen LogP contribution is -2.61. The molecule has 1 saturated carbocycles. The highest BCUT2D eigenvalue weighted by molar-refractivity contribution is 5.90. The van der Waals surface area contributed by atoms with E-state index in [0.717, 1.165) is 22.2 Å². The minimum Gasteiger partial charge on any atom is -0.390 e. The number of fused-ring (bicyclic) bond motifs is 1. The highest BCUT2D eigenvalue weighted by Gasteiger charge is 2.46. The second-order valence-corrected chi connectivity index (χ2v) is 9.74. The van der Waals surface area contributed by atoms with Gasteiger partial charge in [0.05, 0.1) is 18.2 Å². The number of aliphatic hydroxyl groups is 3. The zero-order valence-corrected chi connectivity index (χ0v) is 20.5. The molecule has 10 heteroatoms. The highest BCUT2D eigenvalue weighted by Crippen LogP contribution is 2.31. The summed E-state index contributed by atoms with van der Waals surface area (Å²) in [5.74, 6) is -2.38. The Kier molecular flexibility index (Phi) is 8.57. The van der Waals surface area contributed by atoms with E-state index in [4.69, 9.17) is 11.5 Å². The molecule has 1 aliphatic carbocycles. The Hall–Kier alpha value is -3.28. The molecule has 3 aromatic rings. The number of hydrogen-bond acceptors (Lipinski definition) is 7. The van der Waals surface area contributed by atoms with Crippen molar-refractivity contribution in [2.24, 2.45) is 23.3 Å². The number of hydrogen-bond donors (Lipinski definition) is 8. The summed E-state index contributed by atoms with van der Waals surface area (Å²) in [5.41, 5.74) is 14.5. The molecule has 37 heavy (non-hydrogen) atoms. The normalized spacial score (nSPS) is 25.4. The van der Waals surface area contributed by atoms with Gasteiger partial charge in [0.1, 0.15) is 12.1 Å². The Morgan fingerprint density at radius 3 is 2.38 bits per heavy atom.